The SMILES string of the molecule is CCOCC(C)OCc1cccc(C#CCN)c1. The van der Waals surface area contributed by atoms with Gasteiger partial charge in [0.15, 0.2) is 0 Å². The topological polar surface area (TPSA) is 44.5 Å². The molecule has 0 aliphatic heterocycles. The van der Waals surface area contributed by atoms with Gasteiger partial charge in [0.05, 0.1) is 25.9 Å². The van der Waals surface area contributed by atoms with Gasteiger partial charge in [-0.15, -0.1) is 0 Å². The Morgan fingerprint density at radius 3 is 2.94 bits per heavy atom. The molecule has 0 saturated heterocycles. The zero-order chi connectivity index (χ0) is 13.2. The zero-order valence-corrected chi connectivity index (χ0v) is 11.1. The molecule has 2 N–H and O–H groups in total. The summed E-state index contributed by atoms with van der Waals surface area (Å²) < 4.78 is 11.0. The molecule has 3 nitrogen and oxygen atoms in total. The van der Waals surface area contributed by atoms with E-state index >= 15 is 0 Å². The predicted octanol–water partition coefficient (Wildman–Crippen LogP) is 1.94. The molecule has 0 amide bonds. The molecule has 18 heavy (non-hydrogen) atoms. The number of ether oxygens (including phenoxy) is 2. The van der Waals surface area contributed by atoms with Crippen molar-refractivity contribution in [3.05, 3.63) is 35.4 Å². The summed E-state index contributed by atoms with van der Waals surface area (Å²) in [5, 5.41) is 0. The van der Waals surface area contributed by atoms with Crippen molar-refractivity contribution in [3.63, 3.8) is 0 Å². The van der Waals surface area contributed by atoms with Crippen molar-refractivity contribution in [3.8, 4) is 11.8 Å². The molecule has 0 fully saturated rings. The van der Waals surface area contributed by atoms with E-state index in [0.29, 0.717) is 19.8 Å². The molecule has 0 saturated carbocycles. The Morgan fingerprint density at radius 1 is 1.39 bits per heavy atom. The lowest BCUT2D eigenvalue weighted by Crippen LogP contribution is -2.15. The Hall–Kier alpha value is -1.34. The average molecular weight is 247 g/mol. The molecule has 1 unspecified atom stereocenters. The molecule has 0 bridgehead atoms. The maximum Gasteiger partial charge on any atom is 0.0785 e. The fourth-order valence-corrected chi connectivity index (χ4v) is 1.46. The van der Waals surface area contributed by atoms with E-state index in [1.807, 2.05) is 38.1 Å². The van der Waals surface area contributed by atoms with Crippen LogP contribution in [0, 0.1) is 11.8 Å². The average Bonchev–Trinajstić information content (AvgIpc) is 2.41. The minimum Gasteiger partial charge on any atom is -0.379 e. The van der Waals surface area contributed by atoms with Crippen molar-refractivity contribution in [1.82, 2.24) is 0 Å². The van der Waals surface area contributed by atoms with Crippen molar-refractivity contribution in [2.24, 2.45) is 5.73 Å². The first-order chi connectivity index (χ1) is 8.76. The Balaban J connectivity index is 2.47. The second kappa shape index (κ2) is 8.71. The van der Waals surface area contributed by atoms with Gasteiger partial charge in [-0.1, -0.05) is 24.0 Å². The van der Waals surface area contributed by atoms with Crippen LogP contribution in [0.15, 0.2) is 24.3 Å². The Kier molecular flexibility index (Phi) is 7.12. The molecule has 1 rings (SSSR count). The molecule has 1 aromatic rings. The van der Waals surface area contributed by atoms with Crippen LogP contribution in [0.25, 0.3) is 0 Å². The van der Waals surface area contributed by atoms with Crippen LogP contribution in [0.4, 0.5) is 0 Å². The first kappa shape index (κ1) is 14.7. The van der Waals surface area contributed by atoms with Crippen LogP contribution in [0.3, 0.4) is 0 Å². The molecular formula is C15H21NO2. The van der Waals surface area contributed by atoms with Gasteiger partial charge >= 0.3 is 0 Å². The van der Waals surface area contributed by atoms with Gasteiger partial charge in [-0.2, -0.15) is 0 Å². The number of hydrogen-bond donors (Lipinski definition) is 1. The van der Waals surface area contributed by atoms with Crippen molar-refractivity contribution >= 4 is 0 Å². The van der Waals surface area contributed by atoms with Crippen molar-refractivity contribution < 1.29 is 9.47 Å². The molecule has 1 aromatic carbocycles. The fraction of sp³-hybridized carbons (Fsp3) is 0.467. The molecule has 0 aliphatic carbocycles. The summed E-state index contributed by atoms with van der Waals surface area (Å²) in [4.78, 5) is 0. The molecule has 0 aliphatic rings. The Labute approximate surface area is 109 Å². The van der Waals surface area contributed by atoms with E-state index in [2.05, 4.69) is 11.8 Å². The number of rotatable bonds is 6. The van der Waals surface area contributed by atoms with Crippen LogP contribution in [0.2, 0.25) is 0 Å². The summed E-state index contributed by atoms with van der Waals surface area (Å²) in [7, 11) is 0. The summed E-state index contributed by atoms with van der Waals surface area (Å²) in [6.07, 6.45) is 0.101. The van der Waals surface area contributed by atoms with E-state index in [-0.39, 0.29) is 6.10 Å². The van der Waals surface area contributed by atoms with E-state index in [9.17, 15) is 0 Å². The van der Waals surface area contributed by atoms with Crippen LogP contribution in [0.1, 0.15) is 25.0 Å². The number of hydrogen-bond acceptors (Lipinski definition) is 3. The summed E-state index contributed by atoms with van der Waals surface area (Å²) in [6, 6.07) is 8.00. The molecule has 0 heterocycles. The predicted molar refractivity (Wildman–Crippen MR) is 73.1 cm³/mol. The summed E-state index contributed by atoms with van der Waals surface area (Å²) in [5.41, 5.74) is 7.43. The molecule has 0 radical (unpaired) electrons. The maximum absolute atomic E-state index is 5.69. The summed E-state index contributed by atoms with van der Waals surface area (Å²) in [6.45, 7) is 6.29. The van der Waals surface area contributed by atoms with Gasteiger partial charge in [-0.3, -0.25) is 0 Å². The Morgan fingerprint density at radius 2 is 2.22 bits per heavy atom. The lowest BCUT2D eigenvalue weighted by Gasteiger charge is -2.12. The standard InChI is InChI=1S/C15H21NO2/c1-3-17-11-13(2)18-12-15-7-4-6-14(10-15)8-5-9-16/h4,6-7,10,13H,3,9,11-12,16H2,1-2H3. The monoisotopic (exact) mass is 247 g/mol. The van der Waals surface area contributed by atoms with Gasteiger partial charge in [0.2, 0.25) is 0 Å². The van der Waals surface area contributed by atoms with Gasteiger partial charge in [-0.25, -0.2) is 0 Å². The molecule has 3 heteroatoms. The smallest absolute Gasteiger partial charge is 0.0785 e. The highest BCUT2D eigenvalue weighted by Gasteiger charge is 2.02. The van der Waals surface area contributed by atoms with Gasteiger partial charge in [0, 0.05) is 12.2 Å². The number of nitrogens with two attached hydrogens (primary N) is 1. The minimum absolute atomic E-state index is 0.101. The quantitative estimate of drug-likeness (QED) is 0.781. The van der Waals surface area contributed by atoms with Crippen molar-refractivity contribution in [1.29, 1.82) is 0 Å². The van der Waals surface area contributed by atoms with Crippen LogP contribution >= 0.6 is 0 Å². The first-order valence-corrected chi connectivity index (χ1v) is 6.23. The van der Waals surface area contributed by atoms with Gasteiger partial charge < -0.3 is 15.2 Å². The third-order valence-corrected chi connectivity index (χ3v) is 2.35. The van der Waals surface area contributed by atoms with E-state index in [0.717, 1.165) is 17.7 Å². The van der Waals surface area contributed by atoms with Crippen LogP contribution < -0.4 is 5.73 Å². The van der Waals surface area contributed by atoms with Gasteiger partial charge in [-0.05, 0) is 31.5 Å². The van der Waals surface area contributed by atoms with E-state index < -0.39 is 0 Å². The van der Waals surface area contributed by atoms with E-state index in [4.69, 9.17) is 15.2 Å². The second-order valence-corrected chi connectivity index (χ2v) is 3.99. The number of benzene rings is 1. The van der Waals surface area contributed by atoms with E-state index in [1.54, 1.807) is 0 Å². The first-order valence-electron chi connectivity index (χ1n) is 6.23. The maximum atomic E-state index is 5.69. The second-order valence-electron chi connectivity index (χ2n) is 3.99. The fourth-order valence-electron chi connectivity index (χ4n) is 1.46. The van der Waals surface area contributed by atoms with Crippen LogP contribution in [0.5, 0.6) is 0 Å². The lowest BCUT2D eigenvalue weighted by molar-refractivity contribution is -0.0116. The molecular weight excluding hydrogens is 226 g/mol. The molecule has 0 aromatic heterocycles. The zero-order valence-electron chi connectivity index (χ0n) is 11.1. The van der Waals surface area contributed by atoms with Crippen molar-refractivity contribution in [2.45, 2.75) is 26.6 Å². The molecule has 98 valence electrons. The third-order valence-electron chi connectivity index (χ3n) is 2.35. The molecule has 1 atom stereocenters. The van der Waals surface area contributed by atoms with Crippen LogP contribution in [-0.4, -0.2) is 25.9 Å². The largest absolute Gasteiger partial charge is 0.379 e. The lowest BCUT2D eigenvalue weighted by atomic mass is 10.1. The highest BCUT2D eigenvalue weighted by atomic mass is 16.5. The van der Waals surface area contributed by atoms with Crippen LogP contribution in [-0.2, 0) is 16.1 Å². The van der Waals surface area contributed by atoms with E-state index in [1.165, 1.54) is 0 Å². The summed E-state index contributed by atoms with van der Waals surface area (Å²) >= 11 is 0. The highest BCUT2D eigenvalue weighted by molar-refractivity contribution is 5.37. The van der Waals surface area contributed by atoms with Gasteiger partial charge in [0.1, 0.15) is 0 Å². The van der Waals surface area contributed by atoms with Gasteiger partial charge in [0.25, 0.3) is 0 Å². The Bertz CT molecular complexity index is 406. The normalized spacial score (nSPS) is 11.7. The minimum atomic E-state index is 0.101. The third kappa shape index (κ3) is 5.83. The highest BCUT2D eigenvalue weighted by Crippen LogP contribution is 2.07. The van der Waals surface area contributed by atoms with Crippen molar-refractivity contribution in [2.75, 3.05) is 19.8 Å². The summed E-state index contributed by atoms with van der Waals surface area (Å²) in [5.74, 6) is 5.85. The molecule has 0 spiro atoms.